The van der Waals surface area contributed by atoms with Crippen LogP contribution in [-0.4, -0.2) is 21.4 Å². The minimum atomic E-state index is -3.06. The average Bonchev–Trinajstić information content (AvgIpc) is 3.21. The Hall–Kier alpha value is -3.77. The molecule has 5 rings (SSSR count). The fraction of sp³-hybridized carbons (Fsp3) is 0.0769. The first kappa shape index (κ1) is 21.1. The number of rotatable bonds is 6. The largest absolute Gasteiger partial charge is 0.415 e. The van der Waals surface area contributed by atoms with Gasteiger partial charge in [0.05, 0.1) is 5.52 Å². The van der Waals surface area contributed by atoms with Crippen molar-refractivity contribution in [2.45, 2.75) is 12.2 Å². The van der Waals surface area contributed by atoms with Crippen LogP contribution in [0, 0.1) is 0 Å². The Morgan fingerprint density at radius 1 is 0.758 bits per heavy atom. The van der Waals surface area contributed by atoms with Crippen LogP contribution in [0.25, 0.3) is 10.9 Å². The van der Waals surface area contributed by atoms with E-state index in [0.29, 0.717) is 5.52 Å². The summed E-state index contributed by atoms with van der Waals surface area (Å²) < 4.78 is 33.1. The predicted octanol–water partition coefficient (Wildman–Crippen LogP) is 6.53. The van der Waals surface area contributed by atoms with Crippen LogP contribution in [0.2, 0.25) is 5.15 Å². The number of halogens is 3. The second kappa shape index (κ2) is 8.64. The van der Waals surface area contributed by atoms with Gasteiger partial charge in [-0.25, -0.2) is 9.67 Å². The summed E-state index contributed by atoms with van der Waals surface area (Å²) in [6, 6.07) is 31.1. The summed E-state index contributed by atoms with van der Waals surface area (Å²) in [5, 5.41) is 4.85. The summed E-state index contributed by atoms with van der Waals surface area (Å²) in [6.45, 7) is -3.06. The van der Waals surface area contributed by atoms with Gasteiger partial charge in [-0.3, -0.25) is 0 Å². The van der Waals surface area contributed by atoms with Crippen LogP contribution in [0.4, 0.5) is 8.78 Å². The lowest BCUT2D eigenvalue weighted by atomic mass is 9.77. The zero-order valence-electron chi connectivity index (χ0n) is 17.3. The standard InChI is InChI=1S/C26H18ClF2N3O/c27-23-22-21(16-17-30-23)32(31-24(22)33-25(28)29)26(18-10-4-1-5-11-18,19-12-6-2-7-13-19)20-14-8-3-9-15-20/h1-17,25H. The van der Waals surface area contributed by atoms with Crippen molar-refractivity contribution in [3.63, 3.8) is 0 Å². The molecular weight excluding hydrogens is 444 g/mol. The van der Waals surface area contributed by atoms with Gasteiger partial charge >= 0.3 is 6.61 Å². The maximum absolute atomic E-state index is 13.3. The average molecular weight is 462 g/mol. The number of hydrogen-bond donors (Lipinski definition) is 0. The molecule has 0 fully saturated rings. The summed E-state index contributed by atoms with van der Waals surface area (Å²) in [5.74, 6) is -0.273. The molecule has 0 saturated carbocycles. The Morgan fingerprint density at radius 2 is 1.24 bits per heavy atom. The fourth-order valence-electron chi connectivity index (χ4n) is 4.32. The van der Waals surface area contributed by atoms with Gasteiger partial charge in [-0.15, -0.1) is 5.10 Å². The molecule has 0 bridgehead atoms. The summed E-state index contributed by atoms with van der Waals surface area (Å²) in [7, 11) is 0. The van der Waals surface area contributed by atoms with Crippen molar-refractivity contribution < 1.29 is 13.5 Å². The lowest BCUT2D eigenvalue weighted by molar-refractivity contribution is -0.0523. The van der Waals surface area contributed by atoms with Crippen LogP contribution in [0.3, 0.4) is 0 Å². The minimum Gasteiger partial charge on any atom is -0.415 e. The van der Waals surface area contributed by atoms with Gasteiger partial charge in [-0.1, -0.05) is 103 Å². The van der Waals surface area contributed by atoms with Gasteiger partial charge in [0.15, 0.2) is 0 Å². The molecule has 0 N–H and O–H groups in total. The molecule has 3 aromatic carbocycles. The van der Waals surface area contributed by atoms with Gasteiger partial charge < -0.3 is 4.74 Å². The monoisotopic (exact) mass is 461 g/mol. The first-order valence-electron chi connectivity index (χ1n) is 10.3. The van der Waals surface area contributed by atoms with Crippen molar-refractivity contribution in [1.29, 1.82) is 0 Å². The molecule has 0 aliphatic heterocycles. The number of alkyl halides is 2. The highest BCUT2D eigenvalue weighted by Gasteiger charge is 2.41. The lowest BCUT2D eigenvalue weighted by Gasteiger charge is -2.36. The summed E-state index contributed by atoms with van der Waals surface area (Å²) in [4.78, 5) is 4.08. The van der Waals surface area contributed by atoms with E-state index in [1.165, 1.54) is 6.20 Å². The molecule has 0 atom stereocenters. The van der Waals surface area contributed by atoms with Crippen molar-refractivity contribution in [3.8, 4) is 5.88 Å². The van der Waals surface area contributed by atoms with E-state index >= 15 is 0 Å². The fourth-order valence-corrected chi connectivity index (χ4v) is 4.56. The van der Waals surface area contributed by atoms with Crippen LogP contribution in [0.15, 0.2) is 103 Å². The number of fused-ring (bicyclic) bond motifs is 1. The molecule has 5 aromatic rings. The quantitative estimate of drug-likeness (QED) is 0.213. The Balaban J connectivity index is 1.97. The number of nitrogens with zero attached hydrogens (tertiary/aromatic N) is 3. The third kappa shape index (κ3) is 3.52. The predicted molar refractivity (Wildman–Crippen MR) is 124 cm³/mol. The van der Waals surface area contributed by atoms with Crippen molar-refractivity contribution in [3.05, 3.63) is 125 Å². The molecule has 4 nitrogen and oxygen atoms in total. The highest BCUT2D eigenvalue weighted by molar-refractivity contribution is 6.34. The molecule has 0 aliphatic rings. The summed E-state index contributed by atoms with van der Waals surface area (Å²) in [6.07, 6.45) is 1.53. The van der Waals surface area contributed by atoms with Crippen molar-refractivity contribution in [2.24, 2.45) is 0 Å². The van der Waals surface area contributed by atoms with E-state index in [0.717, 1.165) is 16.7 Å². The molecule has 0 spiro atoms. The molecule has 2 heterocycles. The molecule has 2 aromatic heterocycles. The van der Waals surface area contributed by atoms with Gasteiger partial charge in [0, 0.05) is 6.20 Å². The van der Waals surface area contributed by atoms with Gasteiger partial charge in [-0.05, 0) is 22.8 Å². The molecule has 0 unspecified atom stereocenters. The van der Waals surface area contributed by atoms with Gasteiger partial charge in [0.1, 0.15) is 16.1 Å². The van der Waals surface area contributed by atoms with Crippen LogP contribution in [-0.2, 0) is 5.54 Å². The topological polar surface area (TPSA) is 39.9 Å². The van der Waals surface area contributed by atoms with Crippen LogP contribution in [0.5, 0.6) is 5.88 Å². The normalized spacial score (nSPS) is 11.8. The van der Waals surface area contributed by atoms with E-state index in [-0.39, 0.29) is 16.4 Å². The Kier molecular flexibility index (Phi) is 5.52. The summed E-state index contributed by atoms with van der Waals surface area (Å²) >= 11 is 6.36. The molecule has 0 amide bonds. The molecule has 164 valence electrons. The SMILES string of the molecule is FC(F)Oc1nn(C(c2ccccc2)(c2ccccc2)c2ccccc2)c2ccnc(Cl)c12. The van der Waals surface area contributed by atoms with Crippen LogP contribution >= 0.6 is 11.6 Å². The highest BCUT2D eigenvalue weighted by atomic mass is 35.5. The number of benzene rings is 3. The Morgan fingerprint density at radius 3 is 1.70 bits per heavy atom. The number of pyridine rings is 1. The van der Waals surface area contributed by atoms with E-state index in [2.05, 4.69) is 10.1 Å². The van der Waals surface area contributed by atoms with Gasteiger partial charge in [0.2, 0.25) is 5.88 Å². The maximum atomic E-state index is 13.3. The van der Waals surface area contributed by atoms with Crippen molar-refractivity contribution >= 4 is 22.5 Å². The van der Waals surface area contributed by atoms with E-state index in [9.17, 15) is 8.78 Å². The van der Waals surface area contributed by atoms with Gasteiger partial charge in [0.25, 0.3) is 0 Å². The van der Waals surface area contributed by atoms with Crippen LogP contribution < -0.4 is 4.74 Å². The van der Waals surface area contributed by atoms with Gasteiger partial charge in [-0.2, -0.15) is 8.78 Å². The lowest BCUT2D eigenvalue weighted by Crippen LogP contribution is -2.38. The summed E-state index contributed by atoms with van der Waals surface area (Å²) in [5.41, 5.74) is 2.19. The molecule has 0 aliphatic carbocycles. The molecule has 7 heteroatoms. The first-order chi connectivity index (χ1) is 16.1. The molecular formula is C26H18ClF2N3O. The van der Waals surface area contributed by atoms with Crippen LogP contribution in [0.1, 0.15) is 16.7 Å². The third-order valence-corrected chi connectivity index (χ3v) is 5.90. The number of hydrogen-bond acceptors (Lipinski definition) is 3. The van der Waals surface area contributed by atoms with Crippen molar-refractivity contribution in [1.82, 2.24) is 14.8 Å². The second-order valence-corrected chi connectivity index (χ2v) is 7.76. The first-order valence-corrected chi connectivity index (χ1v) is 10.6. The smallest absolute Gasteiger partial charge is 0.388 e. The number of aromatic nitrogens is 3. The Labute approximate surface area is 194 Å². The zero-order chi connectivity index (χ0) is 22.8. The third-order valence-electron chi connectivity index (χ3n) is 5.61. The number of ether oxygens (including phenoxy) is 1. The van der Waals surface area contributed by atoms with Crippen molar-refractivity contribution in [2.75, 3.05) is 0 Å². The minimum absolute atomic E-state index is 0.0393. The Bertz CT molecular complexity index is 1280. The molecule has 0 saturated heterocycles. The van der Waals surface area contributed by atoms with E-state index < -0.39 is 12.2 Å². The maximum Gasteiger partial charge on any atom is 0.388 e. The second-order valence-electron chi connectivity index (χ2n) is 7.40. The van der Waals surface area contributed by atoms with E-state index in [1.54, 1.807) is 10.7 Å². The zero-order valence-corrected chi connectivity index (χ0v) is 18.0. The highest BCUT2D eigenvalue weighted by Crippen LogP contribution is 2.44. The molecule has 33 heavy (non-hydrogen) atoms. The van der Waals surface area contributed by atoms with E-state index in [4.69, 9.17) is 16.3 Å². The molecule has 0 radical (unpaired) electrons. The van der Waals surface area contributed by atoms with E-state index in [1.807, 2.05) is 91.0 Å².